The number of rotatable bonds is 5. The number of anilines is 1. The standard InChI is InChI=1S/C20H20FN7O3/c1-2-12-5-17-27(10-16(29)24-15-4-3-11(21)6-23-15)18-14(19(30)28(17)25-12)9-26(20(18)31)13-7-22-8-13/h3-6,13,22H,2,7-10H2,1H3,(H,23,24,29). The maximum Gasteiger partial charge on any atom is 0.280 e. The SMILES string of the molecule is CCc1cc2n(CC(=O)Nc3ccc(F)cn3)c3c(c(=O)n2n1)CN(C1CNC1)C3=O. The van der Waals surface area contributed by atoms with Crippen LogP contribution in [0, 0.1) is 5.82 Å². The summed E-state index contributed by atoms with van der Waals surface area (Å²) in [6.07, 6.45) is 1.61. The van der Waals surface area contributed by atoms with Gasteiger partial charge >= 0.3 is 0 Å². The maximum atomic E-state index is 13.2. The number of hydrogen-bond acceptors (Lipinski definition) is 6. The Morgan fingerprint density at radius 3 is 2.77 bits per heavy atom. The Morgan fingerprint density at radius 2 is 2.13 bits per heavy atom. The molecule has 0 aromatic carbocycles. The second-order valence-electron chi connectivity index (χ2n) is 7.63. The van der Waals surface area contributed by atoms with Crippen LogP contribution >= 0.6 is 0 Å². The minimum atomic E-state index is -0.513. The van der Waals surface area contributed by atoms with Crippen LogP contribution in [0.4, 0.5) is 10.2 Å². The van der Waals surface area contributed by atoms with E-state index < -0.39 is 11.7 Å². The highest BCUT2D eigenvalue weighted by Gasteiger charge is 2.40. The normalized spacial score (nSPS) is 15.9. The molecule has 3 aromatic heterocycles. The third-order valence-electron chi connectivity index (χ3n) is 5.68. The molecule has 5 heterocycles. The van der Waals surface area contributed by atoms with Crippen molar-refractivity contribution in [2.24, 2.45) is 0 Å². The summed E-state index contributed by atoms with van der Waals surface area (Å²) in [5.41, 5.74) is 1.27. The van der Waals surface area contributed by atoms with Crippen molar-refractivity contribution >= 4 is 23.3 Å². The van der Waals surface area contributed by atoms with Crippen LogP contribution in [0.5, 0.6) is 0 Å². The van der Waals surface area contributed by atoms with Crippen molar-refractivity contribution in [2.45, 2.75) is 32.5 Å². The highest BCUT2D eigenvalue weighted by molar-refractivity contribution is 5.98. The molecule has 5 rings (SSSR count). The van der Waals surface area contributed by atoms with Crippen molar-refractivity contribution in [3.63, 3.8) is 0 Å². The van der Waals surface area contributed by atoms with E-state index in [0.29, 0.717) is 36.4 Å². The third-order valence-corrected chi connectivity index (χ3v) is 5.68. The number of aromatic nitrogens is 4. The second kappa shape index (κ2) is 7.27. The van der Waals surface area contributed by atoms with Gasteiger partial charge in [-0.15, -0.1) is 0 Å². The lowest BCUT2D eigenvalue weighted by Gasteiger charge is -2.35. The average molecular weight is 425 g/mol. The first-order valence-corrected chi connectivity index (χ1v) is 10.0. The Balaban J connectivity index is 1.57. The van der Waals surface area contributed by atoms with E-state index in [2.05, 4.69) is 20.7 Å². The van der Waals surface area contributed by atoms with Gasteiger partial charge in [-0.25, -0.2) is 9.37 Å². The van der Waals surface area contributed by atoms with Gasteiger partial charge in [0.2, 0.25) is 5.91 Å². The Labute approximate surface area is 175 Å². The smallest absolute Gasteiger partial charge is 0.280 e. The van der Waals surface area contributed by atoms with E-state index in [4.69, 9.17) is 0 Å². The molecule has 0 spiro atoms. The molecule has 10 nitrogen and oxygen atoms in total. The largest absolute Gasteiger partial charge is 0.327 e. The lowest BCUT2D eigenvalue weighted by atomic mass is 10.1. The molecule has 2 aliphatic heterocycles. The number of nitrogens with one attached hydrogen (secondary N) is 2. The first-order valence-electron chi connectivity index (χ1n) is 10.0. The molecule has 1 saturated heterocycles. The zero-order valence-electron chi connectivity index (χ0n) is 16.8. The zero-order valence-corrected chi connectivity index (χ0v) is 16.8. The Kier molecular flexibility index (Phi) is 4.54. The zero-order chi connectivity index (χ0) is 21.7. The summed E-state index contributed by atoms with van der Waals surface area (Å²) in [7, 11) is 0. The summed E-state index contributed by atoms with van der Waals surface area (Å²) in [6.45, 7) is 3.22. The van der Waals surface area contributed by atoms with E-state index in [9.17, 15) is 18.8 Å². The summed E-state index contributed by atoms with van der Waals surface area (Å²) in [5.74, 6) is -1.05. The van der Waals surface area contributed by atoms with Crippen molar-refractivity contribution in [1.29, 1.82) is 0 Å². The van der Waals surface area contributed by atoms with Crippen LogP contribution < -0.4 is 16.2 Å². The minimum absolute atomic E-state index is 0.0171. The molecular formula is C20H20FN7O3. The molecule has 0 aliphatic carbocycles. The topological polar surface area (TPSA) is 114 Å². The Morgan fingerprint density at radius 1 is 1.32 bits per heavy atom. The molecule has 160 valence electrons. The summed E-state index contributed by atoms with van der Waals surface area (Å²) in [6, 6.07) is 4.27. The fraction of sp³-hybridized carbons (Fsp3) is 0.350. The molecule has 2 aliphatic rings. The molecule has 0 unspecified atom stereocenters. The number of nitrogens with zero attached hydrogens (tertiary/aromatic N) is 5. The lowest BCUT2D eigenvalue weighted by Crippen LogP contribution is -2.57. The van der Waals surface area contributed by atoms with Crippen LogP contribution in [0.15, 0.2) is 29.2 Å². The fourth-order valence-electron chi connectivity index (χ4n) is 3.93. The van der Waals surface area contributed by atoms with E-state index in [1.165, 1.54) is 21.2 Å². The molecule has 3 aromatic rings. The van der Waals surface area contributed by atoms with E-state index in [1.54, 1.807) is 11.0 Å². The van der Waals surface area contributed by atoms with Gasteiger partial charge < -0.3 is 20.1 Å². The quantitative estimate of drug-likeness (QED) is 0.602. The molecule has 0 radical (unpaired) electrons. The maximum absolute atomic E-state index is 13.2. The van der Waals surface area contributed by atoms with Crippen LogP contribution in [0.1, 0.15) is 28.7 Å². The van der Waals surface area contributed by atoms with Crippen LogP contribution in [0.25, 0.3) is 5.65 Å². The van der Waals surface area contributed by atoms with E-state index in [0.717, 1.165) is 6.20 Å². The second-order valence-corrected chi connectivity index (χ2v) is 7.63. The number of halogens is 1. The number of carbonyl (C=O) groups excluding carboxylic acids is 2. The minimum Gasteiger partial charge on any atom is -0.327 e. The van der Waals surface area contributed by atoms with Gasteiger partial charge in [0, 0.05) is 19.2 Å². The third kappa shape index (κ3) is 3.17. The molecular weight excluding hydrogens is 405 g/mol. The average Bonchev–Trinajstić information content (AvgIpc) is 3.29. The first kappa shape index (κ1) is 19.4. The molecule has 0 atom stereocenters. The number of hydrogen-bond donors (Lipinski definition) is 2. The molecule has 31 heavy (non-hydrogen) atoms. The van der Waals surface area contributed by atoms with Gasteiger partial charge in [0.25, 0.3) is 11.5 Å². The van der Waals surface area contributed by atoms with Crippen molar-refractivity contribution in [3.8, 4) is 0 Å². The molecule has 1 fully saturated rings. The highest BCUT2D eigenvalue weighted by atomic mass is 19.1. The monoisotopic (exact) mass is 425 g/mol. The van der Waals surface area contributed by atoms with Crippen LogP contribution in [-0.4, -0.2) is 55.0 Å². The molecule has 2 amide bonds. The van der Waals surface area contributed by atoms with Crippen LogP contribution in [0.2, 0.25) is 0 Å². The van der Waals surface area contributed by atoms with Crippen LogP contribution in [-0.2, 0) is 24.3 Å². The van der Waals surface area contributed by atoms with Gasteiger partial charge in [0.15, 0.2) is 0 Å². The van der Waals surface area contributed by atoms with Crippen molar-refractivity contribution in [1.82, 2.24) is 29.4 Å². The predicted octanol–water partition coefficient (Wildman–Crippen LogP) is 0.159. The van der Waals surface area contributed by atoms with E-state index in [1.807, 2.05) is 6.92 Å². The van der Waals surface area contributed by atoms with Gasteiger partial charge in [-0.3, -0.25) is 14.4 Å². The summed E-state index contributed by atoms with van der Waals surface area (Å²) >= 11 is 0. The number of amides is 2. The number of pyridine rings is 1. The van der Waals surface area contributed by atoms with Crippen molar-refractivity contribution < 1.29 is 14.0 Å². The van der Waals surface area contributed by atoms with E-state index >= 15 is 0 Å². The number of fused-ring (bicyclic) bond motifs is 2. The first-order chi connectivity index (χ1) is 15.0. The number of carbonyl (C=O) groups is 2. The van der Waals surface area contributed by atoms with Crippen molar-refractivity contribution in [2.75, 3.05) is 18.4 Å². The van der Waals surface area contributed by atoms with Gasteiger partial charge in [-0.05, 0) is 18.6 Å². The van der Waals surface area contributed by atoms with Gasteiger partial charge in [0.1, 0.15) is 29.5 Å². The van der Waals surface area contributed by atoms with Gasteiger partial charge in [-0.2, -0.15) is 9.61 Å². The summed E-state index contributed by atoms with van der Waals surface area (Å²) < 4.78 is 15.9. The summed E-state index contributed by atoms with van der Waals surface area (Å²) in [4.78, 5) is 44.5. The van der Waals surface area contributed by atoms with Gasteiger partial charge in [-0.1, -0.05) is 6.92 Å². The molecule has 11 heteroatoms. The summed E-state index contributed by atoms with van der Waals surface area (Å²) in [5, 5.41) is 10.1. The lowest BCUT2D eigenvalue weighted by molar-refractivity contribution is -0.116. The van der Waals surface area contributed by atoms with Crippen LogP contribution in [0.3, 0.4) is 0 Å². The number of aryl methyl sites for hydroxylation is 1. The fourth-order valence-corrected chi connectivity index (χ4v) is 3.93. The highest BCUT2D eigenvalue weighted by Crippen LogP contribution is 2.25. The predicted molar refractivity (Wildman–Crippen MR) is 108 cm³/mol. The molecule has 2 N–H and O–H groups in total. The molecule has 0 saturated carbocycles. The van der Waals surface area contributed by atoms with Crippen molar-refractivity contribution in [3.05, 3.63) is 57.5 Å². The Hall–Kier alpha value is -3.60. The molecule has 0 bridgehead atoms. The Bertz CT molecular complexity index is 1260. The van der Waals surface area contributed by atoms with E-state index in [-0.39, 0.29) is 42.1 Å². The van der Waals surface area contributed by atoms with Gasteiger partial charge in [0.05, 0.1) is 30.0 Å².